The number of anilines is 1. The van der Waals surface area contributed by atoms with Crippen molar-refractivity contribution < 1.29 is 13.2 Å². The van der Waals surface area contributed by atoms with Gasteiger partial charge in [-0.3, -0.25) is 0 Å². The molecule has 0 bridgehead atoms. The molecule has 1 aliphatic heterocycles. The van der Waals surface area contributed by atoms with E-state index in [9.17, 15) is 13.2 Å². The standard InChI is InChI=1S/C13H14F3N/c1-10-5-7-17(8-6-10)12-4-2-3-11(9-12)13(14,15)16/h2-4,9H,1,5-8H2. The van der Waals surface area contributed by atoms with Crippen LogP contribution < -0.4 is 4.90 Å². The predicted molar refractivity (Wildman–Crippen MR) is 62.0 cm³/mol. The summed E-state index contributed by atoms with van der Waals surface area (Å²) in [6.45, 7) is 5.39. The second kappa shape index (κ2) is 4.43. The third-order valence-corrected chi connectivity index (χ3v) is 3.01. The number of halogens is 3. The van der Waals surface area contributed by atoms with Crippen molar-refractivity contribution >= 4 is 5.69 Å². The second-order valence-corrected chi connectivity index (χ2v) is 4.29. The zero-order valence-electron chi connectivity index (χ0n) is 9.43. The highest BCUT2D eigenvalue weighted by Crippen LogP contribution is 2.32. The van der Waals surface area contributed by atoms with Crippen LogP contribution in [0.4, 0.5) is 18.9 Å². The molecule has 1 aromatic carbocycles. The van der Waals surface area contributed by atoms with Crippen molar-refractivity contribution in [3.8, 4) is 0 Å². The van der Waals surface area contributed by atoms with Crippen molar-refractivity contribution in [3.63, 3.8) is 0 Å². The Labute approximate surface area is 98.5 Å². The quantitative estimate of drug-likeness (QED) is 0.675. The van der Waals surface area contributed by atoms with Gasteiger partial charge < -0.3 is 4.90 Å². The van der Waals surface area contributed by atoms with Gasteiger partial charge in [0.1, 0.15) is 0 Å². The van der Waals surface area contributed by atoms with Gasteiger partial charge in [-0.2, -0.15) is 13.2 Å². The molecule has 0 amide bonds. The van der Waals surface area contributed by atoms with E-state index in [-0.39, 0.29) is 0 Å². The van der Waals surface area contributed by atoms with E-state index in [1.165, 1.54) is 17.7 Å². The summed E-state index contributed by atoms with van der Waals surface area (Å²) in [6, 6.07) is 5.51. The van der Waals surface area contributed by atoms with Gasteiger partial charge in [-0.25, -0.2) is 0 Å². The van der Waals surface area contributed by atoms with Gasteiger partial charge in [0.15, 0.2) is 0 Å². The van der Waals surface area contributed by atoms with E-state index in [2.05, 4.69) is 6.58 Å². The van der Waals surface area contributed by atoms with Gasteiger partial charge in [-0.15, -0.1) is 0 Å². The van der Waals surface area contributed by atoms with Gasteiger partial charge in [0.25, 0.3) is 0 Å². The fourth-order valence-corrected chi connectivity index (χ4v) is 1.96. The van der Waals surface area contributed by atoms with Crippen LogP contribution in [0, 0.1) is 0 Å². The van der Waals surface area contributed by atoms with Crippen LogP contribution in [0.25, 0.3) is 0 Å². The first-order valence-electron chi connectivity index (χ1n) is 5.56. The van der Waals surface area contributed by atoms with Crippen molar-refractivity contribution in [2.75, 3.05) is 18.0 Å². The fourth-order valence-electron chi connectivity index (χ4n) is 1.96. The van der Waals surface area contributed by atoms with Crippen LogP contribution in [0.2, 0.25) is 0 Å². The molecule has 1 aromatic rings. The fraction of sp³-hybridized carbons (Fsp3) is 0.385. The van der Waals surface area contributed by atoms with Gasteiger partial charge in [-0.1, -0.05) is 18.2 Å². The van der Waals surface area contributed by atoms with Crippen LogP contribution in [0.15, 0.2) is 36.4 Å². The number of hydrogen-bond acceptors (Lipinski definition) is 1. The lowest BCUT2D eigenvalue weighted by atomic mass is 10.0. The Morgan fingerprint density at radius 3 is 2.35 bits per heavy atom. The molecule has 4 heteroatoms. The third kappa shape index (κ3) is 2.81. The van der Waals surface area contributed by atoms with Crippen LogP contribution in [-0.2, 0) is 6.18 Å². The Kier molecular flexibility index (Phi) is 3.13. The van der Waals surface area contributed by atoms with Crippen molar-refractivity contribution in [1.29, 1.82) is 0 Å². The smallest absolute Gasteiger partial charge is 0.371 e. The molecule has 0 N–H and O–H groups in total. The molecule has 0 aliphatic carbocycles. The first-order chi connectivity index (χ1) is 7.97. The Hall–Kier alpha value is -1.45. The molecule has 0 spiro atoms. The maximum Gasteiger partial charge on any atom is 0.416 e. The Morgan fingerprint density at radius 1 is 1.12 bits per heavy atom. The minimum absolute atomic E-state index is 0.584. The van der Waals surface area contributed by atoms with E-state index < -0.39 is 11.7 Å². The largest absolute Gasteiger partial charge is 0.416 e. The van der Waals surface area contributed by atoms with E-state index >= 15 is 0 Å². The zero-order valence-corrected chi connectivity index (χ0v) is 9.43. The first-order valence-corrected chi connectivity index (χ1v) is 5.56. The molecule has 0 atom stereocenters. The van der Waals surface area contributed by atoms with Crippen LogP contribution in [-0.4, -0.2) is 13.1 Å². The number of nitrogens with zero attached hydrogens (tertiary/aromatic N) is 1. The molecule has 1 fully saturated rings. The molecular formula is C13H14F3N. The lowest BCUT2D eigenvalue weighted by molar-refractivity contribution is -0.137. The summed E-state index contributed by atoms with van der Waals surface area (Å²) >= 11 is 0. The molecule has 17 heavy (non-hydrogen) atoms. The van der Waals surface area contributed by atoms with Crippen LogP contribution in [0.5, 0.6) is 0 Å². The average Bonchev–Trinajstić information content (AvgIpc) is 2.29. The zero-order chi connectivity index (χ0) is 12.5. The molecule has 0 aromatic heterocycles. The molecular weight excluding hydrogens is 227 g/mol. The highest BCUT2D eigenvalue weighted by atomic mass is 19.4. The van der Waals surface area contributed by atoms with E-state index in [4.69, 9.17) is 0 Å². The first kappa shape index (κ1) is 12.0. The summed E-state index contributed by atoms with van der Waals surface area (Å²) in [7, 11) is 0. The average molecular weight is 241 g/mol. The van der Waals surface area contributed by atoms with Crippen molar-refractivity contribution in [2.24, 2.45) is 0 Å². The van der Waals surface area contributed by atoms with Crippen LogP contribution >= 0.6 is 0 Å². The van der Waals surface area contributed by atoms with E-state index in [0.717, 1.165) is 32.0 Å². The molecule has 2 rings (SSSR count). The van der Waals surface area contributed by atoms with Crippen molar-refractivity contribution in [3.05, 3.63) is 42.0 Å². The molecule has 1 aliphatic rings. The number of benzene rings is 1. The predicted octanol–water partition coefficient (Wildman–Crippen LogP) is 3.86. The second-order valence-electron chi connectivity index (χ2n) is 4.29. The van der Waals surface area contributed by atoms with E-state index in [0.29, 0.717) is 5.69 Å². The van der Waals surface area contributed by atoms with Crippen LogP contribution in [0.3, 0.4) is 0 Å². The molecule has 1 nitrogen and oxygen atoms in total. The third-order valence-electron chi connectivity index (χ3n) is 3.01. The van der Waals surface area contributed by atoms with E-state index in [1.807, 2.05) is 4.90 Å². The molecule has 1 saturated heterocycles. The summed E-state index contributed by atoms with van der Waals surface area (Å²) in [4.78, 5) is 1.98. The monoisotopic (exact) mass is 241 g/mol. The SMILES string of the molecule is C=C1CCN(c2cccc(C(F)(F)F)c2)CC1. The lowest BCUT2D eigenvalue weighted by Gasteiger charge is -2.30. The Bertz CT molecular complexity index is 413. The van der Waals surface area contributed by atoms with Gasteiger partial charge in [0, 0.05) is 18.8 Å². The Morgan fingerprint density at radius 2 is 1.76 bits per heavy atom. The van der Waals surface area contributed by atoms with Crippen molar-refractivity contribution in [2.45, 2.75) is 19.0 Å². The summed E-state index contributed by atoms with van der Waals surface area (Å²) < 4.78 is 37.7. The number of hydrogen-bond donors (Lipinski definition) is 0. The lowest BCUT2D eigenvalue weighted by Crippen LogP contribution is -2.30. The molecule has 0 radical (unpaired) electrons. The maximum absolute atomic E-state index is 12.6. The summed E-state index contributed by atoms with van der Waals surface area (Å²) in [6.07, 6.45) is -2.55. The summed E-state index contributed by atoms with van der Waals surface area (Å²) in [5, 5.41) is 0. The number of alkyl halides is 3. The Balaban J connectivity index is 2.19. The molecule has 0 saturated carbocycles. The van der Waals surface area contributed by atoms with Gasteiger partial charge in [0.2, 0.25) is 0 Å². The van der Waals surface area contributed by atoms with E-state index in [1.54, 1.807) is 6.07 Å². The van der Waals surface area contributed by atoms with Crippen LogP contribution in [0.1, 0.15) is 18.4 Å². The van der Waals surface area contributed by atoms with Crippen molar-refractivity contribution in [1.82, 2.24) is 0 Å². The van der Waals surface area contributed by atoms with Gasteiger partial charge in [0.05, 0.1) is 5.56 Å². The number of rotatable bonds is 1. The molecule has 0 unspecified atom stereocenters. The highest BCUT2D eigenvalue weighted by molar-refractivity contribution is 5.50. The highest BCUT2D eigenvalue weighted by Gasteiger charge is 2.30. The normalized spacial score (nSPS) is 17.4. The maximum atomic E-state index is 12.6. The topological polar surface area (TPSA) is 3.24 Å². The minimum atomic E-state index is -4.27. The van der Waals surface area contributed by atoms with Gasteiger partial charge >= 0.3 is 6.18 Å². The van der Waals surface area contributed by atoms with Gasteiger partial charge in [-0.05, 0) is 31.0 Å². The molecule has 1 heterocycles. The minimum Gasteiger partial charge on any atom is -0.371 e. The molecule has 92 valence electrons. The summed E-state index contributed by atoms with van der Waals surface area (Å²) in [5.41, 5.74) is 1.24. The summed E-state index contributed by atoms with van der Waals surface area (Å²) in [5.74, 6) is 0. The number of piperidine rings is 1.